The van der Waals surface area contributed by atoms with Gasteiger partial charge in [-0.25, -0.2) is 9.98 Å². The number of pyridine rings is 1. The van der Waals surface area contributed by atoms with Gasteiger partial charge in [0.25, 0.3) is 0 Å². The van der Waals surface area contributed by atoms with Gasteiger partial charge in [-0.1, -0.05) is 23.2 Å². The minimum atomic E-state index is 0.130. The summed E-state index contributed by atoms with van der Waals surface area (Å²) in [6, 6.07) is 1.95. The van der Waals surface area contributed by atoms with Crippen LogP contribution >= 0.6 is 39.1 Å². The van der Waals surface area contributed by atoms with E-state index >= 15 is 0 Å². The lowest BCUT2D eigenvalue weighted by Gasteiger charge is -2.25. The van der Waals surface area contributed by atoms with E-state index in [1.807, 2.05) is 31.3 Å². The van der Waals surface area contributed by atoms with E-state index in [-0.39, 0.29) is 6.10 Å². The van der Waals surface area contributed by atoms with Gasteiger partial charge in [0.15, 0.2) is 0 Å². The van der Waals surface area contributed by atoms with Crippen molar-refractivity contribution in [2.24, 2.45) is 4.99 Å². The fourth-order valence-electron chi connectivity index (χ4n) is 2.41. The summed E-state index contributed by atoms with van der Waals surface area (Å²) in [5.41, 5.74) is 2.79. The van der Waals surface area contributed by atoms with Crippen molar-refractivity contribution in [3.63, 3.8) is 0 Å². The molecule has 0 radical (unpaired) electrons. The third-order valence-corrected chi connectivity index (χ3v) is 5.18. The van der Waals surface area contributed by atoms with E-state index in [0.717, 1.165) is 53.7 Å². The second kappa shape index (κ2) is 9.07. The van der Waals surface area contributed by atoms with Crippen molar-refractivity contribution < 1.29 is 4.74 Å². The van der Waals surface area contributed by atoms with Crippen molar-refractivity contribution in [2.75, 3.05) is 13.6 Å². The normalized spacial score (nSPS) is 18.1. The predicted octanol–water partition coefficient (Wildman–Crippen LogP) is 5.77. The lowest BCUT2D eigenvalue weighted by Crippen LogP contribution is -2.21. The number of rotatable bonds is 5. The minimum Gasteiger partial charge on any atom is -0.474 e. The topological polar surface area (TPSA) is 37.7 Å². The third-order valence-electron chi connectivity index (χ3n) is 4.08. The van der Waals surface area contributed by atoms with E-state index in [1.54, 1.807) is 0 Å². The molecule has 1 fully saturated rings. The Balaban J connectivity index is 2.06. The molecule has 2 rings (SSSR count). The number of hydrogen-bond acceptors (Lipinski definition) is 3. The molecule has 1 aliphatic carbocycles. The highest BCUT2D eigenvalue weighted by Gasteiger charge is 2.21. The van der Waals surface area contributed by atoms with Crippen LogP contribution in [0.4, 0.5) is 5.69 Å². The molecule has 1 saturated carbocycles. The molecule has 0 N–H and O–H groups in total. The Bertz CT molecular complexity index is 635. The van der Waals surface area contributed by atoms with Gasteiger partial charge >= 0.3 is 0 Å². The first-order chi connectivity index (χ1) is 11.4. The number of halogens is 3. The van der Waals surface area contributed by atoms with Crippen molar-refractivity contribution >= 4 is 51.2 Å². The van der Waals surface area contributed by atoms with Crippen LogP contribution in [-0.2, 0) is 0 Å². The molecule has 7 heteroatoms. The molecule has 1 aromatic heterocycles. The summed E-state index contributed by atoms with van der Waals surface area (Å²) >= 11 is 15.3. The van der Waals surface area contributed by atoms with E-state index in [1.165, 1.54) is 0 Å². The fourth-order valence-corrected chi connectivity index (χ4v) is 3.19. The first kappa shape index (κ1) is 19.5. The van der Waals surface area contributed by atoms with Gasteiger partial charge in [0.05, 0.1) is 22.2 Å². The highest BCUT2D eigenvalue weighted by atomic mass is 79.9. The van der Waals surface area contributed by atoms with E-state index in [0.29, 0.717) is 10.4 Å². The molecule has 4 nitrogen and oxygen atoms in total. The van der Waals surface area contributed by atoms with Crippen LogP contribution in [0.25, 0.3) is 0 Å². The summed E-state index contributed by atoms with van der Waals surface area (Å²) in [5, 5.41) is 0. The molecule has 1 aromatic rings. The number of hydrogen-bond donors (Lipinski definition) is 0. The smallest absolute Gasteiger partial charge is 0.228 e. The average Bonchev–Trinajstić information content (AvgIpc) is 2.56. The maximum atomic E-state index is 6.07. The Morgan fingerprint density at radius 2 is 2.12 bits per heavy atom. The molecule has 0 saturated heterocycles. The molecule has 0 aromatic carbocycles. The molecule has 0 bridgehead atoms. The average molecular weight is 435 g/mol. The number of aryl methyl sites for hydroxylation is 1. The lowest BCUT2D eigenvalue weighted by molar-refractivity contribution is 0.161. The molecule has 24 heavy (non-hydrogen) atoms. The van der Waals surface area contributed by atoms with Gasteiger partial charge in [-0.05, 0) is 67.1 Å². The van der Waals surface area contributed by atoms with Crippen molar-refractivity contribution in [1.29, 1.82) is 0 Å². The monoisotopic (exact) mass is 433 g/mol. The Kier molecular flexibility index (Phi) is 7.38. The zero-order chi connectivity index (χ0) is 17.7. The SMILES string of the molecule is CCN(C)/C=N/c1cc(Br)c(OC2CCC(=C(Cl)Cl)CC2)nc1C. The molecule has 0 atom stereocenters. The Morgan fingerprint density at radius 1 is 1.46 bits per heavy atom. The molecular formula is C17H22BrCl2N3O. The second-order valence-corrected chi connectivity index (χ2v) is 7.68. The first-order valence-electron chi connectivity index (χ1n) is 8.02. The summed E-state index contributed by atoms with van der Waals surface area (Å²) in [7, 11) is 1.98. The molecule has 0 amide bonds. The number of nitrogens with zero attached hydrogens (tertiary/aromatic N) is 3. The van der Waals surface area contributed by atoms with Crippen LogP contribution in [-0.4, -0.2) is 35.9 Å². The van der Waals surface area contributed by atoms with Gasteiger partial charge in [-0.3, -0.25) is 0 Å². The molecule has 0 spiro atoms. The maximum Gasteiger partial charge on any atom is 0.228 e. The molecular weight excluding hydrogens is 413 g/mol. The second-order valence-electron chi connectivity index (χ2n) is 5.88. The van der Waals surface area contributed by atoms with Gasteiger partial charge in [0, 0.05) is 13.6 Å². The van der Waals surface area contributed by atoms with Crippen molar-refractivity contribution in [2.45, 2.75) is 45.6 Å². The Morgan fingerprint density at radius 3 is 2.71 bits per heavy atom. The van der Waals surface area contributed by atoms with Gasteiger partial charge in [-0.15, -0.1) is 0 Å². The van der Waals surface area contributed by atoms with Gasteiger partial charge < -0.3 is 9.64 Å². The van der Waals surface area contributed by atoms with Gasteiger partial charge in [0.2, 0.25) is 5.88 Å². The highest BCUT2D eigenvalue weighted by Crippen LogP contribution is 2.34. The summed E-state index contributed by atoms with van der Waals surface area (Å²) in [6.45, 7) is 4.92. The first-order valence-corrected chi connectivity index (χ1v) is 9.56. The Labute approximate surface area is 162 Å². The van der Waals surface area contributed by atoms with Crippen LogP contribution in [0.5, 0.6) is 5.88 Å². The largest absolute Gasteiger partial charge is 0.474 e. The zero-order valence-electron chi connectivity index (χ0n) is 14.2. The number of allylic oxidation sites excluding steroid dienone is 1. The van der Waals surface area contributed by atoms with Crippen LogP contribution < -0.4 is 4.74 Å². The third kappa shape index (κ3) is 5.36. The van der Waals surface area contributed by atoms with Crippen LogP contribution in [0.3, 0.4) is 0 Å². The molecule has 1 aliphatic rings. The molecule has 0 unspecified atom stereocenters. The van der Waals surface area contributed by atoms with E-state index in [4.69, 9.17) is 27.9 Å². The van der Waals surface area contributed by atoms with Gasteiger partial charge in [0.1, 0.15) is 10.6 Å². The number of aliphatic imine (C=N–C) groups is 1. The highest BCUT2D eigenvalue weighted by molar-refractivity contribution is 9.10. The van der Waals surface area contributed by atoms with Gasteiger partial charge in [-0.2, -0.15) is 0 Å². The van der Waals surface area contributed by atoms with Crippen molar-refractivity contribution in [3.05, 3.63) is 26.3 Å². The number of aromatic nitrogens is 1. The quantitative estimate of drug-likeness (QED) is 0.435. The number of ether oxygens (including phenoxy) is 1. The van der Waals surface area contributed by atoms with E-state index in [9.17, 15) is 0 Å². The van der Waals surface area contributed by atoms with Crippen molar-refractivity contribution in [3.8, 4) is 5.88 Å². The zero-order valence-corrected chi connectivity index (χ0v) is 17.2. The Hall–Kier alpha value is -0.780. The van der Waals surface area contributed by atoms with Crippen LogP contribution in [0.15, 0.2) is 25.6 Å². The van der Waals surface area contributed by atoms with Crippen LogP contribution in [0.1, 0.15) is 38.3 Å². The summed E-state index contributed by atoms with van der Waals surface area (Å²) < 4.78 is 7.29. The maximum absolute atomic E-state index is 6.07. The molecule has 1 heterocycles. The summed E-state index contributed by atoms with van der Waals surface area (Å²) in [6.07, 6.45) is 5.47. The minimum absolute atomic E-state index is 0.130. The molecule has 132 valence electrons. The van der Waals surface area contributed by atoms with E-state index in [2.05, 4.69) is 32.8 Å². The van der Waals surface area contributed by atoms with Crippen molar-refractivity contribution in [1.82, 2.24) is 9.88 Å². The van der Waals surface area contributed by atoms with Crippen LogP contribution in [0, 0.1) is 6.92 Å². The van der Waals surface area contributed by atoms with E-state index < -0.39 is 0 Å². The standard InChI is InChI=1S/C17H22BrCl2N3O/c1-4-23(3)10-21-15-9-14(18)17(22-11(15)2)24-13-7-5-12(6-8-13)16(19)20/h9-10,13H,4-8H2,1-3H3/b21-10+. The summed E-state index contributed by atoms with van der Waals surface area (Å²) in [5.74, 6) is 0.615. The fraction of sp³-hybridized carbons (Fsp3) is 0.529. The van der Waals surface area contributed by atoms with Crippen LogP contribution in [0.2, 0.25) is 0 Å². The summed E-state index contributed by atoms with van der Waals surface area (Å²) in [4.78, 5) is 11.0. The lowest BCUT2D eigenvalue weighted by atomic mass is 9.94. The molecule has 0 aliphatic heterocycles. The predicted molar refractivity (Wildman–Crippen MR) is 105 cm³/mol.